The van der Waals surface area contributed by atoms with Gasteiger partial charge >= 0.3 is 11.6 Å². The average Bonchev–Trinajstić information content (AvgIpc) is 2.05. The number of likely N-dealkylation sites (N-methyl/N-ethyl adjacent to an activating group) is 1. The lowest BCUT2D eigenvalue weighted by Crippen LogP contribution is -2.28. The molecule has 5 nitrogen and oxygen atoms in total. The predicted molar refractivity (Wildman–Crippen MR) is 46.9 cm³/mol. The fraction of sp³-hybridized carbons (Fsp3) is 0.375. The summed E-state index contributed by atoms with van der Waals surface area (Å²) in [5.74, 6) is 1.27. The average molecular weight is 180 g/mol. The van der Waals surface area contributed by atoms with Gasteiger partial charge in [0.1, 0.15) is 0 Å². The highest BCUT2D eigenvalue weighted by Crippen LogP contribution is 2.06. The van der Waals surface area contributed by atoms with Gasteiger partial charge in [0.2, 0.25) is 5.39 Å². The van der Waals surface area contributed by atoms with Crippen molar-refractivity contribution in [2.24, 2.45) is 0 Å². The van der Waals surface area contributed by atoms with Crippen molar-refractivity contribution in [1.82, 2.24) is 4.90 Å². The molecular formula is C8H10N3O2+. The normalized spacial score (nSPS) is 10.8. The van der Waals surface area contributed by atoms with Gasteiger partial charge in [-0.1, -0.05) is 5.92 Å². The summed E-state index contributed by atoms with van der Waals surface area (Å²) in [4.78, 5) is 15.1. The third-order valence-corrected chi connectivity index (χ3v) is 1.32. The molecule has 68 valence electrons. The van der Waals surface area contributed by atoms with Gasteiger partial charge in [0.15, 0.2) is 10.7 Å². The summed E-state index contributed by atoms with van der Waals surface area (Å²) in [5.41, 5.74) is -0.405. The number of aliphatic hydroxyl groups is 1. The molecule has 0 atom stereocenters. The summed E-state index contributed by atoms with van der Waals surface area (Å²) in [5, 5.41) is 17.3. The van der Waals surface area contributed by atoms with Crippen LogP contribution in [0.1, 0.15) is 6.92 Å². The molecule has 0 aromatic rings. The number of aliphatic hydroxyl groups excluding tert-OH is 1. The second-order valence-electron chi connectivity index (χ2n) is 2.40. The van der Waals surface area contributed by atoms with E-state index in [0.717, 1.165) is 4.90 Å². The first-order valence-electron chi connectivity index (χ1n) is 3.48. The number of diazo groups is 1. The van der Waals surface area contributed by atoms with Crippen LogP contribution in [-0.4, -0.2) is 29.5 Å². The maximum Gasteiger partial charge on any atom is 0.485 e. The molecule has 0 radical (unpaired) electrons. The molecule has 0 aliphatic rings. The first-order valence-corrected chi connectivity index (χ1v) is 3.48. The Bertz CT molecular complexity index is 315. The molecule has 0 saturated heterocycles. The third kappa shape index (κ3) is 2.84. The number of terminal acetylenes is 1. The third-order valence-electron chi connectivity index (χ3n) is 1.32. The van der Waals surface area contributed by atoms with Crippen LogP contribution in [-0.2, 0) is 4.79 Å². The van der Waals surface area contributed by atoms with Crippen LogP contribution in [0.15, 0.2) is 11.5 Å². The molecule has 0 unspecified atom stereocenters. The Balaban J connectivity index is 4.73. The minimum atomic E-state index is -0.625. The molecular weight excluding hydrogens is 170 g/mol. The number of nitrogens with zero attached hydrogens (tertiary/aromatic N) is 3. The lowest BCUT2D eigenvalue weighted by molar-refractivity contribution is -0.125. The first-order chi connectivity index (χ1) is 6.04. The van der Waals surface area contributed by atoms with E-state index in [9.17, 15) is 4.79 Å². The zero-order valence-corrected chi connectivity index (χ0v) is 7.48. The van der Waals surface area contributed by atoms with Gasteiger partial charge in [-0.3, -0.25) is 4.79 Å². The van der Waals surface area contributed by atoms with Crippen molar-refractivity contribution in [3.8, 4) is 12.3 Å². The molecule has 0 aliphatic carbocycles. The van der Waals surface area contributed by atoms with Crippen molar-refractivity contribution in [1.29, 1.82) is 5.39 Å². The topological polar surface area (TPSA) is 68.7 Å². The van der Waals surface area contributed by atoms with E-state index in [1.165, 1.54) is 14.0 Å². The second-order valence-corrected chi connectivity index (χ2v) is 2.40. The lowest BCUT2D eigenvalue weighted by Gasteiger charge is -2.07. The number of rotatable bonds is 2. The van der Waals surface area contributed by atoms with Gasteiger partial charge in [-0.05, 0) is 0 Å². The number of carbonyl (C=O) groups is 1. The Morgan fingerprint density at radius 3 is 2.62 bits per heavy atom. The second kappa shape index (κ2) is 4.78. The summed E-state index contributed by atoms with van der Waals surface area (Å²) >= 11 is 0. The van der Waals surface area contributed by atoms with Crippen molar-refractivity contribution < 1.29 is 9.90 Å². The molecule has 1 amide bonds. The quantitative estimate of drug-likeness (QED) is 0.294. The molecule has 0 spiro atoms. The number of hydrogen-bond donors (Lipinski definition) is 1. The molecule has 0 bridgehead atoms. The van der Waals surface area contributed by atoms with Crippen molar-refractivity contribution in [2.45, 2.75) is 6.92 Å². The van der Waals surface area contributed by atoms with Gasteiger partial charge in [0.25, 0.3) is 0 Å². The van der Waals surface area contributed by atoms with E-state index in [1.807, 2.05) is 0 Å². The molecule has 0 heterocycles. The molecule has 0 rings (SSSR count). The monoisotopic (exact) mass is 180 g/mol. The minimum absolute atomic E-state index is 0.0884. The van der Waals surface area contributed by atoms with E-state index in [1.54, 1.807) is 0 Å². The Morgan fingerprint density at radius 1 is 1.77 bits per heavy atom. The molecule has 1 N–H and O–H groups in total. The number of carbonyl (C=O) groups excluding carboxylic acids is 1. The molecule has 0 aliphatic heterocycles. The number of amides is 1. The number of hydrogen-bond acceptors (Lipinski definition) is 3. The maximum atomic E-state index is 11.3. The van der Waals surface area contributed by atoms with Crippen LogP contribution in [0.2, 0.25) is 0 Å². The molecule has 5 heteroatoms. The maximum absolute atomic E-state index is 11.3. The number of allylic oxidation sites excluding steroid dienone is 1. The summed E-state index contributed by atoms with van der Waals surface area (Å²) in [7, 11) is 1.44. The lowest BCUT2D eigenvalue weighted by atomic mass is 10.3. The summed E-state index contributed by atoms with van der Waals surface area (Å²) in [6.45, 7) is 1.34. The Kier molecular flexibility index (Phi) is 4.05. The highest BCUT2D eigenvalue weighted by Gasteiger charge is 2.29. The Hall–Kier alpha value is -2.01. The van der Waals surface area contributed by atoms with E-state index < -0.39 is 11.6 Å². The van der Waals surface area contributed by atoms with Gasteiger partial charge in [0, 0.05) is 14.0 Å². The molecule has 0 fully saturated rings. The van der Waals surface area contributed by atoms with E-state index in [2.05, 4.69) is 10.9 Å². The van der Waals surface area contributed by atoms with Crippen LogP contribution in [0.5, 0.6) is 0 Å². The highest BCUT2D eigenvalue weighted by atomic mass is 16.3. The predicted octanol–water partition coefficient (Wildman–Crippen LogP) is 0.721. The van der Waals surface area contributed by atoms with Crippen LogP contribution < -0.4 is 0 Å². The fourth-order valence-corrected chi connectivity index (χ4v) is 0.659. The Morgan fingerprint density at radius 2 is 2.31 bits per heavy atom. The minimum Gasteiger partial charge on any atom is -0.505 e. The van der Waals surface area contributed by atoms with Crippen molar-refractivity contribution >= 4 is 5.91 Å². The van der Waals surface area contributed by atoms with Crippen molar-refractivity contribution in [2.75, 3.05) is 13.6 Å². The first kappa shape index (κ1) is 11.0. The van der Waals surface area contributed by atoms with Crippen LogP contribution in [0.25, 0.3) is 4.98 Å². The summed E-state index contributed by atoms with van der Waals surface area (Å²) < 4.78 is 0. The summed E-state index contributed by atoms with van der Waals surface area (Å²) in [6, 6.07) is 0. The van der Waals surface area contributed by atoms with Gasteiger partial charge in [-0.15, -0.1) is 6.42 Å². The molecule has 0 aromatic carbocycles. The van der Waals surface area contributed by atoms with Gasteiger partial charge in [0.05, 0.1) is 6.54 Å². The van der Waals surface area contributed by atoms with Crippen molar-refractivity contribution in [3.05, 3.63) is 16.4 Å². The molecule has 13 heavy (non-hydrogen) atoms. The SMILES string of the molecule is C#CCN(C)C(=O)/C([N+]#N)=C(/C)O. The van der Waals surface area contributed by atoms with E-state index >= 15 is 0 Å². The van der Waals surface area contributed by atoms with Gasteiger partial charge in [-0.25, -0.2) is 0 Å². The Labute approximate surface area is 76.3 Å². The van der Waals surface area contributed by atoms with Crippen LogP contribution >= 0.6 is 0 Å². The van der Waals surface area contributed by atoms with Gasteiger partial charge in [-0.2, -0.15) is 0 Å². The van der Waals surface area contributed by atoms with Crippen LogP contribution in [0.4, 0.5) is 0 Å². The van der Waals surface area contributed by atoms with Crippen LogP contribution in [0.3, 0.4) is 0 Å². The highest BCUT2D eigenvalue weighted by molar-refractivity contribution is 5.95. The zero-order chi connectivity index (χ0) is 10.4. The van der Waals surface area contributed by atoms with E-state index in [0.29, 0.717) is 0 Å². The standard InChI is InChI=1S/C8H9N3O2/c1-4-5-11(3)8(13)7(10-9)6(2)12/h1H,5H2,2-3H3/p+1. The van der Waals surface area contributed by atoms with E-state index in [-0.39, 0.29) is 12.3 Å². The van der Waals surface area contributed by atoms with E-state index in [4.69, 9.17) is 16.9 Å². The largest absolute Gasteiger partial charge is 0.505 e. The fourth-order valence-electron chi connectivity index (χ4n) is 0.659. The smallest absolute Gasteiger partial charge is 0.485 e. The summed E-state index contributed by atoms with van der Waals surface area (Å²) in [6.07, 6.45) is 4.97. The zero-order valence-electron chi connectivity index (χ0n) is 7.48. The van der Waals surface area contributed by atoms with Crippen molar-refractivity contribution in [3.63, 3.8) is 0 Å². The molecule has 0 saturated carbocycles. The van der Waals surface area contributed by atoms with Gasteiger partial charge < -0.3 is 10.0 Å². The van der Waals surface area contributed by atoms with Crippen LogP contribution in [0, 0.1) is 17.7 Å². The molecule has 0 aromatic heterocycles.